The van der Waals surface area contributed by atoms with E-state index in [2.05, 4.69) is 36.1 Å². The fourth-order valence-electron chi connectivity index (χ4n) is 1.70. The van der Waals surface area contributed by atoms with Crippen molar-refractivity contribution < 1.29 is 9.47 Å². The molecule has 0 saturated carbocycles. The highest BCUT2D eigenvalue weighted by Crippen LogP contribution is 2.24. The van der Waals surface area contributed by atoms with Gasteiger partial charge in [0.1, 0.15) is 18.2 Å². The molecule has 0 fully saturated rings. The van der Waals surface area contributed by atoms with E-state index >= 15 is 0 Å². The number of rotatable bonds is 9. The molecule has 1 N–H and O–H groups in total. The first kappa shape index (κ1) is 16.7. The molecule has 0 atom stereocenters. The number of anilines is 1. The van der Waals surface area contributed by atoms with Crippen molar-refractivity contribution >= 4 is 5.82 Å². The predicted molar refractivity (Wildman–Crippen MR) is 81.6 cm³/mol. The lowest BCUT2D eigenvalue weighted by Crippen LogP contribution is -2.12. The number of nitrogens with one attached hydrogen (secondary N) is 1. The van der Waals surface area contributed by atoms with Crippen LogP contribution in [0.25, 0.3) is 0 Å². The summed E-state index contributed by atoms with van der Waals surface area (Å²) >= 11 is 0. The summed E-state index contributed by atoms with van der Waals surface area (Å²) < 4.78 is 11.2. The SMILES string of the molecule is CCCCOCCOc1nc(C(C)C)nc(NC)c1C. The number of aromatic nitrogens is 2. The molecule has 0 saturated heterocycles. The van der Waals surface area contributed by atoms with Gasteiger partial charge in [0.15, 0.2) is 0 Å². The summed E-state index contributed by atoms with van der Waals surface area (Å²) in [7, 11) is 1.86. The molecule has 0 unspecified atom stereocenters. The van der Waals surface area contributed by atoms with E-state index in [0.29, 0.717) is 19.1 Å². The van der Waals surface area contributed by atoms with Crippen molar-refractivity contribution in [1.82, 2.24) is 9.97 Å². The maximum Gasteiger partial charge on any atom is 0.221 e. The monoisotopic (exact) mass is 281 g/mol. The Bertz CT molecular complexity index is 408. The highest BCUT2D eigenvalue weighted by Gasteiger charge is 2.13. The number of hydrogen-bond donors (Lipinski definition) is 1. The quantitative estimate of drug-likeness (QED) is 0.705. The Morgan fingerprint density at radius 3 is 2.50 bits per heavy atom. The molecular formula is C15H27N3O2. The standard InChI is InChI=1S/C15H27N3O2/c1-6-7-8-19-9-10-20-15-12(4)14(16-5)17-13(18-15)11(2)3/h11H,6-10H2,1-5H3,(H,16,17,18). The van der Waals surface area contributed by atoms with Crippen LogP contribution in [0.15, 0.2) is 0 Å². The largest absolute Gasteiger partial charge is 0.475 e. The Hall–Kier alpha value is -1.36. The lowest BCUT2D eigenvalue weighted by molar-refractivity contribution is 0.0961. The van der Waals surface area contributed by atoms with Crippen molar-refractivity contribution in [3.8, 4) is 5.88 Å². The first-order chi connectivity index (χ1) is 9.60. The molecule has 0 bridgehead atoms. The molecule has 0 amide bonds. The minimum absolute atomic E-state index is 0.269. The molecule has 1 aromatic heterocycles. The second-order valence-corrected chi connectivity index (χ2v) is 5.08. The van der Waals surface area contributed by atoms with Gasteiger partial charge in [0.2, 0.25) is 5.88 Å². The van der Waals surface area contributed by atoms with Crippen LogP contribution in [-0.4, -0.2) is 36.8 Å². The van der Waals surface area contributed by atoms with Gasteiger partial charge in [-0.15, -0.1) is 0 Å². The van der Waals surface area contributed by atoms with Crippen LogP contribution < -0.4 is 10.1 Å². The molecule has 0 radical (unpaired) electrons. The number of ether oxygens (including phenoxy) is 2. The van der Waals surface area contributed by atoms with Crippen LogP contribution in [0.5, 0.6) is 5.88 Å². The van der Waals surface area contributed by atoms with E-state index in [9.17, 15) is 0 Å². The van der Waals surface area contributed by atoms with Gasteiger partial charge in [-0.1, -0.05) is 27.2 Å². The summed E-state index contributed by atoms with van der Waals surface area (Å²) in [4.78, 5) is 8.97. The Morgan fingerprint density at radius 1 is 1.15 bits per heavy atom. The molecule has 20 heavy (non-hydrogen) atoms. The van der Waals surface area contributed by atoms with E-state index in [4.69, 9.17) is 9.47 Å². The minimum Gasteiger partial charge on any atom is -0.475 e. The van der Waals surface area contributed by atoms with Gasteiger partial charge in [0.25, 0.3) is 0 Å². The number of unbranched alkanes of at least 4 members (excludes halogenated alkanes) is 1. The Balaban J connectivity index is 2.61. The molecule has 0 spiro atoms. The van der Waals surface area contributed by atoms with Crippen LogP contribution in [-0.2, 0) is 4.74 Å². The topological polar surface area (TPSA) is 56.3 Å². The second kappa shape index (κ2) is 8.74. The van der Waals surface area contributed by atoms with E-state index in [-0.39, 0.29) is 5.92 Å². The van der Waals surface area contributed by atoms with Crippen molar-refractivity contribution in [2.75, 3.05) is 32.2 Å². The lowest BCUT2D eigenvalue weighted by Gasteiger charge is -2.14. The first-order valence-corrected chi connectivity index (χ1v) is 7.37. The molecule has 0 aromatic carbocycles. The first-order valence-electron chi connectivity index (χ1n) is 7.37. The van der Waals surface area contributed by atoms with Crippen molar-refractivity contribution in [3.05, 3.63) is 11.4 Å². The third kappa shape index (κ3) is 4.96. The maximum absolute atomic E-state index is 5.73. The van der Waals surface area contributed by atoms with E-state index in [1.807, 2.05) is 14.0 Å². The average molecular weight is 281 g/mol. The molecule has 1 heterocycles. The van der Waals surface area contributed by atoms with Crippen molar-refractivity contribution in [1.29, 1.82) is 0 Å². The minimum atomic E-state index is 0.269. The molecule has 0 aliphatic carbocycles. The Kier molecular flexibility index (Phi) is 7.30. The van der Waals surface area contributed by atoms with Crippen LogP contribution in [0.2, 0.25) is 0 Å². The smallest absolute Gasteiger partial charge is 0.221 e. The van der Waals surface area contributed by atoms with Crippen molar-refractivity contribution in [2.45, 2.75) is 46.5 Å². The summed E-state index contributed by atoms with van der Waals surface area (Å²) in [6.07, 6.45) is 2.24. The zero-order valence-electron chi connectivity index (χ0n) is 13.3. The summed E-state index contributed by atoms with van der Waals surface area (Å²) in [6.45, 7) is 10.2. The molecule has 1 aromatic rings. The summed E-state index contributed by atoms with van der Waals surface area (Å²) in [5, 5.41) is 3.09. The van der Waals surface area contributed by atoms with Crippen LogP contribution in [0.4, 0.5) is 5.82 Å². The van der Waals surface area contributed by atoms with Gasteiger partial charge < -0.3 is 14.8 Å². The third-order valence-electron chi connectivity index (χ3n) is 2.98. The Morgan fingerprint density at radius 2 is 1.90 bits per heavy atom. The molecule has 5 nitrogen and oxygen atoms in total. The summed E-state index contributed by atoms with van der Waals surface area (Å²) in [5.74, 6) is 2.53. The molecule has 114 valence electrons. The average Bonchev–Trinajstić information content (AvgIpc) is 2.44. The van der Waals surface area contributed by atoms with Gasteiger partial charge in [-0.05, 0) is 13.3 Å². The molecular weight excluding hydrogens is 254 g/mol. The summed E-state index contributed by atoms with van der Waals surface area (Å²) in [5.41, 5.74) is 0.936. The highest BCUT2D eigenvalue weighted by atomic mass is 16.5. The zero-order chi connectivity index (χ0) is 15.0. The fourth-order valence-corrected chi connectivity index (χ4v) is 1.70. The van der Waals surface area contributed by atoms with Crippen molar-refractivity contribution in [2.24, 2.45) is 0 Å². The van der Waals surface area contributed by atoms with Gasteiger partial charge in [0.05, 0.1) is 12.2 Å². The number of hydrogen-bond acceptors (Lipinski definition) is 5. The highest BCUT2D eigenvalue weighted by molar-refractivity contribution is 5.48. The maximum atomic E-state index is 5.73. The van der Waals surface area contributed by atoms with Crippen LogP contribution >= 0.6 is 0 Å². The zero-order valence-corrected chi connectivity index (χ0v) is 13.3. The van der Waals surface area contributed by atoms with E-state index in [0.717, 1.165) is 36.7 Å². The summed E-state index contributed by atoms with van der Waals surface area (Å²) in [6, 6.07) is 0. The third-order valence-corrected chi connectivity index (χ3v) is 2.98. The van der Waals surface area contributed by atoms with E-state index < -0.39 is 0 Å². The van der Waals surface area contributed by atoms with Gasteiger partial charge >= 0.3 is 0 Å². The molecule has 0 aliphatic rings. The molecule has 5 heteroatoms. The van der Waals surface area contributed by atoms with Gasteiger partial charge in [-0.2, -0.15) is 4.98 Å². The van der Waals surface area contributed by atoms with Crippen LogP contribution in [0, 0.1) is 6.92 Å². The Labute approximate surface area is 122 Å². The van der Waals surface area contributed by atoms with E-state index in [1.54, 1.807) is 0 Å². The van der Waals surface area contributed by atoms with Gasteiger partial charge in [0, 0.05) is 19.6 Å². The second-order valence-electron chi connectivity index (χ2n) is 5.08. The normalized spacial score (nSPS) is 10.9. The van der Waals surface area contributed by atoms with E-state index in [1.165, 1.54) is 0 Å². The van der Waals surface area contributed by atoms with Gasteiger partial charge in [-0.3, -0.25) is 0 Å². The molecule has 1 rings (SSSR count). The fraction of sp³-hybridized carbons (Fsp3) is 0.733. The number of nitrogens with zero attached hydrogens (tertiary/aromatic N) is 2. The van der Waals surface area contributed by atoms with Crippen LogP contribution in [0.3, 0.4) is 0 Å². The predicted octanol–water partition coefficient (Wildman–Crippen LogP) is 3.15. The van der Waals surface area contributed by atoms with Gasteiger partial charge in [-0.25, -0.2) is 4.98 Å². The lowest BCUT2D eigenvalue weighted by atomic mass is 10.2. The van der Waals surface area contributed by atoms with Crippen molar-refractivity contribution in [3.63, 3.8) is 0 Å². The van der Waals surface area contributed by atoms with Crippen LogP contribution in [0.1, 0.15) is 50.9 Å². The molecule has 0 aliphatic heterocycles.